The van der Waals surface area contributed by atoms with Crippen molar-refractivity contribution in [3.8, 4) is 11.5 Å². The molecule has 1 spiro atoms. The number of fused-ring (bicyclic) bond motifs is 1. The summed E-state index contributed by atoms with van der Waals surface area (Å²) in [7, 11) is 0. The number of urea groups is 1. The van der Waals surface area contributed by atoms with Gasteiger partial charge in [-0.2, -0.15) is 0 Å². The zero-order valence-electron chi connectivity index (χ0n) is 14.7. The summed E-state index contributed by atoms with van der Waals surface area (Å²) < 4.78 is 11.3. The van der Waals surface area contributed by atoms with Crippen molar-refractivity contribution in [3.05, 3.63) is 22.7 Å². The van der Waals surface area contributed by atoms with Crippen LogP contribution < -0.4 is 20.1 Å². The lowest BCUT2D eigenvalue weighted by molar-refractivity contribution is -0.135. The minimum atomic E-state index is -0.883. The first-order valence-corrected chi connectivity index (χ1v) is 9.34. The van der Waals surface area contributed by atoms with Crippen molar-refractivity contribution in [2.75, 3.05) is 26.3 Å². The van der Waals surface area contributed by atoms with Gasteiger partial charge in [0.2, 0.25) is 5.91 Å². The molecule has 0 unspecified atom stereocenters. The molecule has 1 aromatic carbocycles. The lowest BCUT2D eigenvalue weighted by Gasteiger charge is -2.37. The second-order valence-corrected chi connectivity index (χ2v) is 7.41. The highest BCUT2D eigenvalue weighted by Gasteiger charge is 2.48. The van der Waals surface area contributed by atoms with E-state index in [1.165, 1.54) is 0 Å². The number of halogens is 1. The number of hydrogen-bond donors (Lipinski definition) is 2. The summed E-state index contributed by atoms with van der Waals surface area (Å²) in [6, 6.07) is 3.05. The predicted molar refractivity (Wildman–Crippen MR) is 96.0 cm³/mol. The van der Waals surface area contributed by atoms with Gasteiger partial charge in [0.15, 0.2) is 11.5 Å². The Bertz CT molecular complexity index is 804. The zero-order valence-corrected chi connectivity index (χ0v) is 15.4. The molecular weight excluding hydrogens is 374 g/mol. The number of amides is 4. The molecule has 3 heterocycles. The predicted octanol–water partition coefficient (Wildman–Crippen LogP) is 1.24. The third-order valence-corrected chi connectivity index (χ3v) is 5.48. The van der Waals surface area contributed by atoms with Crippen molar-refractivity contribution in [2.45, 2.75) is 31.2 Å². The number of benzene rings is 1. The Morgan fingerprint density at radius 1 is 1.19 bits per heavy atom. The molecule has 1 aromatic rings. The third-order valence-electron chi connectivity index (χ3n) is 5.20. The smallest absolute Gasteiger partial charge is 0.322 e. The zero-order chi connectivity index (χ0) is 19.0. The highest BCUT2D eigenvalue weighted by molar-refractivity contribution is 6.32. The Morgan fingerprint density at radius 3 is 2.63 bits per heavy atom. The second kappa shape index (κ2) is 6.92. The first-order valence-electron chi connectivity index (χ1n) is 8.96. The normalized spacial score (nSPS) is 20.9. The second-order valence-electron chi connectivity index (χ2n) is 7.00. The minimum absolute atomic E-state index is 0.0554. The van der Waals surface area contributed by atoms with Gasteiger partial charge >= 0.3 is 6.03 Å². The first kappa shape index (κ1) is 17.9. The lowest BCUT2D eigenvalue weighted by atomic mass is 9.87. The Balaban J connectivity index is 1.42. The van der Waals surface area contributed by atoms with Crippen molar-refractivity contribution in [3.63, 3.8) is 0 Å². The fourth-order valence-electron chi connectivity index (χ4n) is 3.69. The number of imide groups is 1. The van der Waals surface area contributed by atoms with Crippen LogP contribution in [0.4, 0.5) is 4.79 Å². The monoisotopic (exact) mass is 393 g/mol. The number of carbonyl (C=O) groups is 3. The average Bonchev–Trinajstić information content (AvgIpc) is 2.79. The summed E-state index contributed by atoms with van der Waals surface area (Å²) in [5.41, 5.74) is -0.131. The van der Waals surface area contributed by atoms with E-state index in [0.717, 1.165) is 12.0 Å². The molecule has 0 bridgehead atoms. The van der Waals surface area contributed by atoms with Crippen LogP contribution in [-0.2, 0) is 16.0 Å². The van der Waals surface area contributed by atoms with E-state index in [4.69, 9.17) is 21.1 Å². The maximum atomic E-state index is 12.7. The SMILES string of the molecule is O=C1NC(=O)C2(CCN(C(=O)Cc3cc(Cl)c4c(c3)OCCCO4)CC2)N1. The highest BCUT2D eigenvalue weighted by atomic mass is 35.5. The number of nitrogens with zero attached hydrogens (tertiary/aromatic N) is 1. The summed E-state index contributed by atoms with van der Waals surface area (Å²) in [6.45, 7) is 1.91. The van der Waals surface area contributed by atoms with Crippen LogP contribution in [-0.4, -0.2) is 54.6 Å². The number of ether oxygens (including phenoxy) is 2. The van der Waals surface area contributed by atoms with Crippen molar-refractivity contribution in [1.29, 1.82) is 0 Å². The molecule has 4 amide bonds. The van der Waals surface area contributed by atoms with Gasteiger partial charge in [-0.05, 0) is 30.5 Å². The quantitative estimate of drug-likeness (QED) is 0.737. The maximum absolute atomic E-state index is 12.7. The molecule has 2 saturated heterocycles. The summed E-state index contributed by atoms with van der Waals surface area (Å²) in [6.07, 6.45) is 1.76. The molecule has 2 fully saturated rings. The molecule has 9 heteroatoms. The fourth-order valence-corrected chi connectivity index (χ4v) is 3.98. The van der Waals surface area contributed by atoms with Gasteiger partial charge in [0.05, 0.1) is 24.7 Å². The van der Waals surface area contributed by atoms with Crippen LogP contribution >= 0.6 is 11.6 Å². The third kappa shape index (κ3) is 3.41. The Hall–Kier alpha value is -2.48. The molecule has 3 aliphatic heterocycles. The van der Waals surface area contributed by atoms with E-state index in [-0.39, 0.29) is 18.2 Å². The molecule has 0 radical (unpaired) electrons. The number of likely N-dealkylation sites (tertiary alicyclic amines) is 1. The molecule has 3 aliphatic rings. The fraction of sp³-hybridized carbons (Fsp3) is 0.500. The summed E-state index contributed by atoms with van der Waals surface area (Å²) in [5, 5.41) is 5.39. The molecule has 0 atom stereocenters. The largest absolute Gasteiger partial charge is 0.489 e. The number of piperidine rings is 1. The van der Waals surface area contributed by atoms with Crippen LogP contribution in [0.1, 0.15) is 24.8 Å². The van der Waals surface area contributed by atoms with Gasteiger partial charge in [0.25, 0.3) is 5.91 Å². The van der Waals surface area contributed by atoms with E-state index in [2.05, 4.69) is 10.6 Å². The molecule has 0 aromatic heterocycles. The maximum Gasteiger partial charge on any atom is 0.322 e. The van der Waals surface area contributed by atoms with Crippen LogP contribution in [0.5, 0.6) is 11.5 Å². The number of hydrogen-bond acceptors (Lipinski definition) is 5. The topological polar surface area (TPSA) is 97.0 Å². The lowest BCUT2D eigenvalue weighted by Crippen LogP contribution is -2.55. The van der Waals surface area contributed by atoms with E-state index in [1.807, 2.05) is 0 Å². The number of rotatable bonds is 2. The molecule has 144 valence electrons. The average molecular weight is 394 g/mol. The van der Waals surface area contributed by atoms with E-state index >= 15 is 0 Å². The van der Waals surface area contributed by atoms with Crippen molar-refractivity contribution >= 4 is 29.4 Å². The molecule has 4 rings (SSSR count). The van der Waals surface area contributed by atoms with E-state index in [1.54, 1.807) is 17.0 Å². The van der Waals surface area contributed by atoms with Gasteiger partial charge in [-0.15, -0.1) is 0 Å². The van der Waals surface area contributed by atoms with Crippen LogP contribution in [0, 0.1) is 0 Å². The highest BCUT2D eigenvalue weighted by Crippen LogP contribution is 2.38. The van der Waals surface area contributed by atoms with Gasteiger partial charge in [-0.3, -0.25) is 14.9 Å². The molecule has 27 heavy (non-hydrogen) atoms. The molecule has 8 nitrogen and oxygen atoms in total. The molecule has 2 N–H and O–H groups in total. The number of carbonyl (C=O) groups excluding carboxylic acids is 3. The first-order chi connectivity index (χ1) is 13.0. The van der Waals surface area contributed by atoms with Crippen molar-refractivity contribution in [2.24, 2.45) is 0 Å². The van der Waals surface area contributed by atoms with Crippen LogP contribution in [0.2, 0.25) is 5.02 Å². The van der Waals surface area contributed by atoms with Gasteiger partial charge in [0.1, 0.15) is 5.54 Å². The minimum Gasteiger partial charge on any atom is -0.489 e. The Labute approximate surface area is 161 Å². The van der Waals surface area contributed by atoms with Gasteiger partial charge < -0.3 is 19.7 Å². The van der Waals surface area contributed by atoms with Gasteiger partial charge in [-0.25, -0.2) is 4.79 Å². The Morgan fingerprint density at radius 2 is 1.93 bits per heavy atom. The van der Waals surface area contributed by atoms with Gasteiger partial charge in [-0.1, -0.05) is 11.6 Å². The standard InChI is InChI=1S/C18H20ClN3O5/c19-12-8-11(9-13-15(12)27-7-1-6-26-13)10-14(23)22-4-2-18(3-5-22)16(24)20-17(25)21-18/h8-9H,1-7,10H2,(H2,20,21,24,25). The van der Waals surface area contributed by atoms with Crippen LogP contribution in [0.25, 0.3) is 0 Å². The van der Waals surface area contributed by atoms with Crippen molar-refractivity contribution in [1.82, 2.24) is 15.5 Å². The van der Waals surface area contributed by atoms with Crippen molar-refractivity contribution < 1.29 is 23.9 Å². The van der Waals surface area contributed by atoms with Crippen LogP contribution in [0.15, 0.2) is 12.1 Å². The summed E-state index contributed by atoms with van der Waals surface area (Å²) in [5.74, 6) is 0.716. The summed E-state index contributed by atoms with van der Waals surface area (Å²) in [4.78, 5) is 37.8. The molecule has 0 aliphatic carbocycles. The Kier molecular flexibility index (Phi) is 4.59. The van der Waals surface area contributed by atoms with E-state index in [0.29, 0.717) is 55.7 Å². The molecular formula is C18H20ClN3O5. The van der Waals surface area contributed by atoms with E-state index in [9.17, 15) is 14.4 Å². The van der Waals surface area contributed by atoms with Crippen LogP contribution in [0.3, 0.4) is 0 Å². The summed E-state index contributed by atoms with van der Waals surface area (Å²) >= 11 is 6.29. The molecule has 0 saturated carbocycles. The van der Waals surface area contributed by atoms with E-state index < -0.39 is 11.6 Å². The number of nitrogens with one attached hydrogen (secondary N) is 2. The van der Waals surface area contributed by atoms with Gasteiger partial charge in [0, 0.05) is 19.5 Å².